The summed E-state index contributed by atoms with van der Waals surface area (Å²) in [5.74, 6) is 0.596. The van der Waals surface area contributed by atoms with Gasteiger partial charge in [0.25, 0.3) is 0 Å². The number of nitrogens with zero attached hydrogens (tertiary/aromatic N) is 2. The van der Waals surface area contributed by atoms with Crippen molar-refractivity contribution in [1.29, 1.82) is 0 Å². The average molecular weight is 472 g/mol. The Labute approximate surface area is 175 Å². The maximum Gasteiger partial charge on any atom is 0.243 e. The van der Waals surface area contributed by atoms with Gasteiger partial charge in [-0.15, -0.1) is 30.6 Å². The molecule has 0 atom stereocenters. The highest BCUT2D eigenvalue weighted by molar-refractivity contribution is 14.0. The molecule has 0 radical (unpaired) electrons. The Morgan fingerprint density at radius 1 is 1.19 bits per heavy atom. The van der Waals surface area contributed by atoms with Gasteiger partial charge in [0.15, 0.2) is 5.96 Å². The van der Waals surface area contributed by atoms with E-state index in [1.165, 1.54) is 16.0 Å². The van der Waals surface area contributed by atoms with E-state index in [9.17, 15) is 4.79 Å². The molecule has 0 aromatic heterocycles. The first kappa shape index (κ1) is 24.4. The maximum absolute atomic E-state index is 11.7. The molecule has 0 aliphatic rings. The summed E-state index contributed by atoms with van der Waals surface area (Å²) in [4.78, 5) is 17.5. The fourth-order valence-corrected chi connectivity index (χ4v) is 2.13. The normalized spacial score (nSPS) is 11.3. The van der Waals surface area contributed by atoms with Crippen LogP contribution in [0.5, 0.6) is 0 Å². The van der Waals surface area contributed by atoms with Gasteiger partial charge in [0, 0.05) is 27.2 Å². The van der Waals surface area contributed by atoms with E-state index in [1.807, 2.05) is 0 Å². The van der Waals surface area contributed by atoms with Gasteiger partial charge in [0.2, 0.25) is 5.91 Å². The number of carbonyl (C=O) groups is 1. The summed E-state index contributed by atoms with van der Waals surface area (Å²) in [6, 6.07) is 8.73. The molecule has 1 amide bonds. The molecular weight excluding hydrogens is 439 g/mol. The third-order valence-electron chi connectivity index (χ3n) is 3.81. The zero-order valence-electron chi connectivity index (χ0n) is 16.6. The molecule has 1 aromatic rings. The number of nitrogens with one attached hydrogen (secondary N) is 2. The van der Waals surface area contributed by atoms with E-state index < -0.39 is 0 Å². The van der Waals surface area contributed by atoms with Gasteiger partial charge < -0.3 is 15.5 Å². The number of hydrogen-bond donors (Lipinski definition) is 2. The maximum atomic E-state index is 11.7. The minimum Gasteiger partial charge on any atom is -0.356 e. The average Bonchev–Trinajstić information content (AvgIpc) is 2.56. The Hall–Kier alpha value is -1.57. The second kappa shape index (κ2) is 11.9. The predicted molar refractivity (Wildman–Crippen MR) is 121 cm³/mol. The van der Waals surface area contributed by atoms with Crippen molar-refractivity contribution in [2.24, 2.45) is 4.99 Å². The molecule has 0 fully saturated rings. The number of benzene rings is 1. The highest BCUT2D eigenvalue weighted by Crippen LogP contribution is 2.22. The van der Waals surface area contributed by atoms with Crippen LogP contribution in [0.2, 0.25) is 0 Å². The van der Waals surface area contributed by atoms with Crippen molar-refractivity contribution < 1.29 is 4.79 Å². The Morgan fingerprint density at radius 3 is 2.31 bits per heavy atom. The van der Waals surface area contributed by atoms with Crippen LogP contribution < -0.4 is 10.6 Å². The second-order valence-corrected chi connectivity index (χ2v) is 7.25. The molecule has 26 heavy (non-hydrogen) atoms. The Bertz CT molecular complexity index is 589. The second-order valence-electron chi connectivity index (χ2n) is 7.25. The van der Waals surface area contributed by atoms with Crippen LogP contribution in [0.4, 0.5) is 0 Å². The smallest absolute Gasteiger partial charge is 0.243 e. The van der Waals surface area contributed by atoms with Crippen LogP contribution in [0.15, 0.2) is 41.9 Å². The molecule has 6 heteroatoms. The minimum atomic E-state index is -0.0301. The molecule has 0 aliphatic carbocycles. The monoisotopic (exact) mass is 472 g/mol. The molecular formula is C20H33IN4O. The minimum absolute atomic E-state index is 0. The number of rotatable bonds is 7. The van der Waals surface area contributed by atoms with Crippen LogP contribution >= 0.6 is 24.0 Å². The zero-order chi connectivity index (χ0) is 18.9. The number of guanidine groups is 1. The first-order valence-electron chi connectivity index (χ1n) is 8.66. The first-order valence-corrected chi connectivity index (χ1v) is 8.66. The van der Waals surface area contributed by atoms with E-state index in [1.54, 1.807) is 20.2 Å². The SMILES string of the molecule is C=CCNC(=NCC(=O)N(C)C)NCCc1ccc(C(C)(C)C)cc1.I. The number of likely N-dealkylation sites (N-methyl/N-ethyl adjacent to an activating group) is 1. The summed E-state index contributed by atoms with van der Waals surface area (Å²) < 4.78 is 0. The number of halogens is 1. The molecule has 0 unspecified atom stereocenters. The number of amides is 1. The lowest BCUT2D eigenvalue weighted by atomic mass is 9.86. The molecule has 0 aliphatic heterocycles. The molecule has 146 valence electrons. The molecule has 0 saturated carbocycles. The van der Waals surface area contributed by atoms with Crippen LogP contribution in [-0.2, 0) is 16.6 Å². The van der Waals surface area contributed by atoms with Crippen molar-refractivity contribution >= 4 is 35.8 Å². The van der Waals surface area contributed by atoms with Gasteiger partial charge in [0.1, 0.15) is 6.54 Å². The molecule has 2 N–H and O–H groups in total. The van der Waals surface area contributed by atoms with Crippen molar-refractivity contribution in [2.45, 2.75) is 32.6 Å². The standard InChI is InChI=1S/C20H32N4O.HI/c1-7-13-21-19(23-15-18(25)24(5)6)22-14-12-16-8-10-17(11-9-16)20(2,3)4;/h7-11H,1,12-15H2,2-6H3,(H2,21,22,23);1H. The van der Waals surface area contributed by atoms with Crippen molar-refractivity contribution in [2.75, 3.05) is 33.7 Å². The summed E-state index contributed by atoms with van der Waals surface area (Å²) in [5, 5.41) is 6.39. The van der Waals surface area contributed by atoms with Crippen LogP contribution in [0.1, 0.15) is 31.9 Å². The van der Waals surface area contributed by atoms with Crippen LogP contribution in [0.25, 0.3) is 0 Å². The molecule has 0 bridgehead atoms. The lowest BCUT2D eigenvalue weighted by molar-refractivity contribution is -0.127. The predicted octanol–water partition coefficient (Wildman–Crippen LogP) is 2.95. The van der Waals surface area contributed by atoms with E-state index in [0.717, 1.165) is 13.0 Å². The quantitative estimate of drug-likeness (QED) is 0.278. The van der Waals surface area contributed by atoms with Crippen LogP contribution in [0, 0.1) is 0 Å². The number of hydrogen-bond acceptors (Lipinski definition) is 2. The molecule has 1 aromatic carbocycles. The fourth-order valence-electron chi connectivity index (χ4n) is 2.13. The Morgan fingerprint density at radius 2 is 1.81 bits per heavy atom. The largest absolute Gasteiger partial charge is 0.356 e. The fraction of sp³-hybridized carbons (Fsp3) is 0.500. The van der Waals surface area contributed by atoms with Gasteiger partial charge in [-0.05, 0) is 23.0 Å². The van der Waals surface area contributed by atoms with E-state index in [4.69, 9.17) is 0 Å². The van der Waals surface area contributed by atoms with Gasteiger partial charge in [-0.3, -0.25) is 4.79 Å². The summed E-state index contributed by atoms with van der Waals surface area (Å²) in [6.07, 6.45) is 2.65. The van der Waals surface area contributed by atoms with Crippen molar-refractivity contribution in [3.8, 4) is 0 Å². The van der Waals surface area contributed by atoms with Gasteiger partial charge >= 0.3 is 0 Å². The van der Waals surface area contributed by atoms with E-state index in [2.05, 4.69) is 67.2 Å². The lowest BCUT2D eigenvalue weighted by Crippen LogP contribution is -2.39. The summed E-state index contributed by atoms with van der Waals surface area (Å²) in [7, 11) is 3.45. The van der Waals surface area contributed by atoms with Crippen molar-refractivity contribution in [3.63, 3.8) is 0 Å². The third-order valence-corrected chi connectivity index (χ3v) is 3.81. The molecule has 1 rings (SSSR count). The van der Waals surface area contributed by atoms with Gasteiger partial charge in [-0.2, -0.15) is 0 Å². The Balaban J connectivity index is 0.00000625. The lowest BCUT2D eigenvalue weighted by Gasteiger charge is -2.19. The molecule has 5 nitrogen and oxygen atoms in total. The topological polar surface area (TPSA) is 56.7 Å². The van der Waals surface area contributed by atoms with E-state index in [-0.39, 0.29) is 41.8 Å². The van der Waals surface area contributed by atoms with E-state index in [0.29, 0.717) is 12.5 Å². The first-order chi connectivity index (χ1) is 11.7. The Kier molecular flexibility index (Phi) is 11.2. The molecule has 0 saturated heterocycles. The molecule has 0 heterocycles. The third kappa shape index (κ3) is 9.22. The van der Waals surface area contributed by atoms with Gasteiger partial charge in [0.05, 0.1) is 0 Å². The van der Waals surface area contributed by atoms with Gasteiger partial charge in [-0.25, -0.2) is 4.99 Å². The summed E-state index contributed by atoms with van der Waals surface area (Å²) >= 11 is 0. The molecule has 0 spiro atoms. The van der Waals surface area contributed by atoms with Crippen molar-refractivity contribution in [1.82, 2.24) is 15.5 Å². The zero-order valence-corrected chi connectivity index (χ0v) is 19.0. The summed E-state index contributed by atoms with van der Waals surface area (Å²) in [6.45, 7) is 11.8. The number of aliphatic imine (C=N–C) groups is 1. The number of carbonyl (C=O) groups excluding carboxylic acids is 1. The van der Waals surface area contributed by atoms with Gasteiger partial charge in [-0.1, -0.05) is 51.1 Å². The highest BCUT2D eigenvalue weighted by atomic mass is 127. The summed E-state index contributed by atoms with van der Waals surface area (Å²) in [5.41, 5.74) is 2.78. The van der Waals surface area contributed by atoms with Crippen LogP contribution in [0.3, 0.4) is 0 Å². The van der Waals surface area contributed by atoms with Crippen LogP contribution in [-0.4, -0.2) is 50.5 Å². The highest BCUT2D eigenvalue weighted by Gasteiger charge is 2.12. The van der Waals surface area contributed by atoms with Crippen molar-refractivity contribution in [3.05, 3.63) is 48.0 Å². The van der Waals surface area contributed by atoms with E-state index >= 15 is 0 Å².